The molecule has 4 aliphatic rings. The third-order valence-corrected chi connectivity index (χ3v) is 16.7. The van der Waals surface area contributed by atoms with E-state index < -0.39 is 0 Å². The van der Waals surface area contributed by atoms with Crippen molar-refractivity contribution in [1.82, 2.24) is 0 Å². The van der Waals surface area contributed by atoms with Gasteiger partial charge in [0, 0.05) is 62.0 Å². The lowest BCUT2D eigenvalue weighted by Gasteiger charge is -2.46. The SMILES string of the molecule is CC(C)(C)c1ccc2c(c1)B1c3ccc(N(c4ccccc4)c4ccccc4)cc3N(c3ccc4c(c3)C(C)(C)c3ccccc3-4)c3cc(C(C)(C)C)cc(c31)N2c1ccc2c(c1)C(C)(C)c1ccccc1-2. The van der Waals surface area contributed by atoms with Crippen LogP contribution in [0.25, 0.3) is 22.3 Å². The molecule has 2 heterocycles. The highest BCUT2D eigenvalue weighted by Gasteiger charge is 2.46. The van der Waals surface area contributed by atoms with Crippen molar-refractivity contribution in [2.24, 2.45) is 0 Å². The Morgan fingerprint density at radius 1 is 0.361 bits per heavy atom. The molecule has 9 aromatic carbocycles. The molecule has 13 rings (SSSR count). The summed E-state index contributed by atoms with van der Waals surface area (Å²) in [4.78, 5) is 7.67. The first-order valence-corrected chi connectivity index (χ1v) is 26.0. The summed E-state index contributed by atoms with van der Waals surface area (Å²) < 4.78 is 0. The molecule has 3 nitrogen and oxygen atoms in total. The van der Waals surface area contributed by atoms with Gasteiger partial charge >= 0.3 is 0 Å². The molecule has 2 aliphatic carbocycles. The summed E-state index contributed by atoms with van der Waals surface area (Å²) in [6.45, 7) is 23.7. The van der Waals surface area contributed by atoms with Crippen LogP contribution in [0, 0.1) is 0 Å². The maximum Gasteiger partial charge on any atom is 0.252 e. The Bertz CT molecular complexity index is 3640. The molecule has 0 aromatic heterocycles. The summed E-state index contributed by atoms with van der Waals surface area (Å²) in [5.41, 5.74) is 27.6. The van der Waals surface area contributed by atoms with Crippen molar-refractivity contribution in [2.75, 3.05) is 14.7 Å². The maximum absolute atomic E-state index is 2.64. The Hall–Kier alpha value is -7.56. The number of benzene rings is 9. The van der Waals surface area contributed by atoms with Gasteiger partial charge in [0.15, 0.2) is 0 Å². The number of para-hydroxylation sites is 2. The molecule has 0 bridgehead atoms. The van der Waals surface area contributed by atoms with Gasteiger partial charge in [-0.15, -0.1) is 0 Å². The molecule has 0 N–H and O–H groups in total. The summed E-state index contributed by atoms with van der Waals surface area (Å²) in [7, 11) is 0. The van der Waals surface area contributed by atoms with Gasteiger partial charge in [0.2, 0.25) is 0 Å². The first-order valence-electron chi connectivity index (χ1n) is 26.0. The number of hydrogen-bond acceptors (Lipinski definition) is 3. The van der Waals surface area contributed by atoms with Gasteiger partial charge in [0.25, 0.3) is 6.71 Å². The molecule has 0 saturated carbocycles. The molecule has 0 radical (unpaired) electrons. The van der Waals surface area contributed by atoms with Crippen molar-refractivity contribution in [3.05, 3.63) is 228 Å². The van der Waals surface area contributed by atoms with E-state index >= 15 is 0 Å². The molecule has 2 aliphatic heterocycles. The molecule has 4 heteroatoms. The first kappa shape index (κ1) is 44.4. The zero-order chi connectivity index (χ0) is 49.6. The molecule has 0 unspecified atom stereocenters. The van der Waals surface area contributed by atoms with Crippen molar-refractivity contribution in [2.45, 2.75) is 90.9 Å². The van der Waals surface area contributed by atoms with Gasteiger partial charge in [-0.25, -0.2) is 0 Å². The molecule has 72 heavy (non-hydrogen) atoms. The van der Waals surface area contributed by atoms with Crippen LogP contribution in [0.2, 0.25) is 0 Å². The molecule has 0 fully saturated rings. The van der Waals surface area contributed by atoms with E-state index in [1.54, 1.807) is 0 Å². The second kappa shape index (κ2) is 15.5. The predicted molar refractivity (Wildman–Crippen MR) is 308 cm³/mol. The van der Waals surface area contributed by atoms with Crippen molar-refractivity contribution < 1.29 is 0 Å². The van der Waals surface area contributed by atoms with Gasteiger partial charge in [0.05, 0.1) is 0 Å². The first-order chi connectivity index (χ1) is 34.5. The average molecular weight is 932 g/mol. The van der Waals surface area contributed by atoms with E-state index in [9.17, 15) is 0 Å². The molecule has 9 aromatic rings. The van der Waals surface area contributed by atoms with Gasteiger partial charge < -0.3 is 14.7 Å². The molecular weight excluding hydrogens is 870 g/mol. The zero-order valence-corrected chi connectivity index (χ0v) is 43.4. The quantitative estimate of drug-likeness (QED) is 0.159. The minimum absolute atomic E-state index is 0.0370. The third kappa shape index (κ3) is 6.50. The Labute approximate surface area is 427 Å². The smallest absolute Gasteiger partial charge is 0.252 e. The van der Waals surface area contributed by atoms with Crippen molar-refractivity contribution >= 4 is 74.3 Å². The Morgan fingerprint density at radius 3 is 1.35 bits per heavy atom. The monoisotopic (exact) mass is 932 g/mol. The minimum atomic E-state index is -0.171. The van der Waals surface area contributed by atoms with E-state index in [1.165, 1.54) is 106 Å². The summed E-state index contributed by atoms with van der Waals surface area (Å²) in [6, 6.07) is 74.0. The molecular formula is C68H62BN3. The Kier molecular flexibility index (Phi) is 9.54. The average Bonchev–Trinajstić information content (AvgIpc) is 3.74. The fourth-order valence-electron chi connectivity index (χ4n) is 12.8. The fraction of sp³-hybridized carbons (Fsp3) is 0.206. The van der Waals surface area contributed by atoms with Gasteiger partial charge in [0.1, 0.15) is 0 Å². The number of rotatable bonds is 5. The van der Waals surface area contributed by atoms with Crippen LogP contribution in [0.5, 0.6) is 0 Å². The van der Waals surface area contributed by atoms with Gasteiger partial charge in [-0.1, -0.05) is 184 Å². The molecule has 0 amide bonds. The molecule has 0 spiro atoms. The molecule has 0 saturated heterocycles. The lowest BCUT2D eigenvalue weighted by molar-refractivity contribution is 0.590. The Morgan fingerprint density at radius 2 is 0.833 bits per heavy atom. The highest BCUT2D eigenvalue weighted by atomic mass is 15.2. The fourth-order valence-corrected chi connectivity index (χ4v) is 12.8. The van der Waals surface area contributed by atoms with Crippen LogP contribution in [0.15, 0.2) is 194 Å². The van der Waals surface area contributed by atoms with Crippen molar-refractivity contribution in [1.29, 1.82) is 0 Å². The highest BCUT2D eigenvalue weighted by molar-refractivity contribution is 7.00. The van der Waals surface area contributed by atoms with Gasteiger partial charge in [-0.05, 0) is 162 Å². The lowest BCUT2D eigenvalue weighted by atomic mass is 9.33. The summed E-state index contributed by atoms with van der Waals surface area (Å²) >= 11 is 0. The van der Waals surface area contributed by atoms with Crippen LogP contribution in [-0.2, 0) is 21.7 Å². The minimum Gasteiger partial charge on any atom is -0.311 e. The number of nitrogens with zero attached hydrogens (tertiary/aromatic N) is 3. The van der Waals surface area contributed by atoms with Crippen molar-refractivity contribution in [3.63, 3.8) is 0 Å². The van der Waals surface area contributed by atoms with Crippen LogP contribution in [-0.4, -0.2) is 6.71 Å². The van der Waals surface area contributed by atoms with Crippen molar-refractivity contribution in [3.8, 4) is 22.3 Å². The summed E-state index contributed by atoms with van der Waals surface area (Å²) in [5.74, 6) is 0. The Balaban J connectivity index is 1.12. The van der Waals surface area contributed by atoms with Crippen LogP contribution >= 0.6 is 0 Å². The van der Waals surface area contributed by atoms with E-state index in [4.69, 9.17) is 0 Å². The molecule has 0 atom stereocenters. The number of hydrogen-bond donors (Lipinski definition) is 0. The van der Waals surface area contributed by atoms with E-state index in [2.05, 4.69) is 278 Å². The van der Waals surface area contributed by atoms with Crippen LogP contribution in [0.3, 0.4) is 0 Å². The number of fused-ring (bicyclic) bond motifs is 10. The van der Waals surface area contributed by atoms with E-state index in [1.807, 2.05) is 0 Å². The standard InChI is InChI=1S/C68H62BN3/c1-65(2,3)43-29-36-60-59(37-43)69-58-35-32-49(70(45-21-13-11-14-22-45)46-23-15-12-16-24-46)42-61(58)72(48-31-34-53-51-26-18-20-28-55(51)68(9,10)57(53)41-48)63-39-44(66(4,5)6)38-62(64(63)69)71(60)47-30-33-52-50-25-17-19-27-54(50)67(7,8)56(52)40-47/h11-42H,1-10H3. The normalized spacial score (nSPS) is 15.2. The van der Waals surface area contributed by atoms with E-state index in [0.29, 0.717) is 0 Å². The van der Waals surface area contributed by atoms with E-state index in [-0.39, 0.29) is 28.4 Å². The van der Waals surface area contributed by atoms with Crippen LogP contribution < -0.4 is 31.1 Å². The number of anilines is 9. The summed E-state index contributed by atoms with van der Waals surface area (Å²) in [5, 5.41) is 0. The van der Waals surface area contributed by atoms with Gasteiger partial charge in [-0.3, -0.25) is 0 Å². The second-order valence-corrected chi connectivity index (χ2v) is 23.9. The lowest BCUT2D eigenvalue weighted by Crippen LogP contribution is -2.61. The van der Waals surface area contributed by atoms with Crippen LogP contribution in [0.4, 0.5) is 51.2 Å². The van der Waals surface area contributed by atoms with Crippen LogP contribution in [0.1, 0.15) is 103 Å². The maximum atomic E-state index is 2.64. The van der Waals surface area contributed by atoms with E-state index in [0.717, 1.165) is 17.1 Å². The third-order valence-electron chi connectivity index (χ3n) is 16.7. The predicted octanol–water partition coefficient (Wildman–Crippen LogP) is 16.4. The largest absolute Gasteiger partial charge is 0.311 e. The zero-order valence-electron chi connectivity index (χ0n) is 43.4. The van der Waals surface area contributed by atoms with Gasteiger partial charge in [-0.2, -0.15) is 0 Å². The second-order valence-electron chi connectivity index (χ2n) is 23.9. The summed E-state index contributed by atoms with van der Waals surface area (Å²) in [6.07, 6.45) is 0. The highest BCUT2D eigenvalue weighted by Crippen LogP contribution is 2.54. The molecule has 352 valence electrons. The topological polar surface area (TPSA) is 9.72 Å².